The fourth-order valence-electron chi connectivity index (χ4n) is 3.68. The standard InChI is InChI=1S/C24H27FN6O2S/c1-16(29(2)3)23-27-28-24(31(23)20-10-6-17(25)7-11-20)34-15-21(32)26-18-8-12-19(13-9-18)30-14-4-5-22(30)33/h6-13,16H,4-5,14-15H2,1-3H3,(H,26,32)/t16-/m1/s1. The number of halogens is 1. The van der Waals surface area contributed by atoms with E-state index < -0.39 is 0 Å². The lowest BCUT2D eigenvalue weighted by Crippen LogP contribution is -2.23. The van der Waals surface area contributed by atoms with E-state index in [0.29, 0.717) is 23.1 Å². The molecule has 1 saturated heterocycles. The Kier molecular flexibility index (Phi) is 7.28. The molecule has 0 spiro atoms. The van der Waals surface area contributed by atoms with Gasteiger partial charge in [-0.3, -0.25) is 19.1 Å². The minimum Gasteiger partial charge on any atom is -0.325 e. The Balaban J connectivity index is 1.45. The van der Waals surface area contributed by atoms with Gasteiger partial charge in [0.2, 0.25) is 11.8 Å². The summed E-state index contributed by atoms with van der Waals surface area (Å²) < 4.78 is 15.3. The molecule has 10 heteroatoms. The zero-order valence-electron chi connectivity index (χ0n) is 19.4. The van der Waals surface area contributed by atoms with Crippen molar-refractivity contribution >= 4 is 35.0 Å². The average molecular weight is 483 g/mol. The van der Waals surface area contributed by atoms with E-state index in [-0.39, 0.29) is 29.4 Å². The summed E-state index contributed by atoms with van der Waals surface area (Å²) in [7, 11) is 3.89. The third-order valence-electron chi connectivity index (χ3n) is 5.76. The molecule has 2 amide bonds. The molecule has 0 aliphatic carbocycles. The fourth-order valence-corrected chi connectivity index (χ4v) is 4.44. The van der Waals surface area contributed by atoms with E-state index in [9.17, 15) is 14.0 Å². The van der Waals surface area contributed by atoms with Crippen LogP contribution in [0.3, 0.4) is 0 Å². The lowest BCUT2D eigenvalue weighted by Gasteiger charge is -2.20. The number of hydrogen-bond donors (Lipinski definition) is 1. The highest BCUT2D eigenvalue weighted by atomic mass is 32.2. The SMILES string of the molecule is C[C@H](c1nnc(SCC(=O)Nc2ccc(N3CCCC3=O)cc2)n1-c1ccc(F)cc1)N(C)C. The van der Waals surface area contributed by atoms with Crippen molar-refractivity contribution in [1.29, 1.82) is 0 Å². The minimum atomic E-state index is -0.326. The highest BCUT2D eigenvalue weighted by Gasteiger charge is 2.23. The highest BCUT2D eigenvalue weighted by molar-refractivity contribution is 7.99. The van der Waals surface area contributed by atoms with Gasteiger partial charge in [-0.1, -0.05) is 11.8 Å². The molecule has 1 N–H and O–H groups in total. The van der Waals surface area contributed by atoms with Crippen LogP contribution in [0, 0.1) is 5.82 Å². The van der Waals surface area contributed by atoms with Crippen molar-refractivity contribution in [3.63, 3.8) is 0 Å². The quantitative estimate of drug-likeness (QED) is 0.491. The van der Waals surface area contributed by atoms with Gasteiger partial charge in [-0.2, -0.15) is 0 Å². The Hall–Kier alpha value is -3.24. The van der Waals surface area contributed by atoms with E-state index >= 15 is 0 Å². The van der Waals surface area contributed by atoms with Gasteiger partial charge < -0.3 is 10.2 Å². The molecular formula is C24H27FN6O2S. The summed E-state index contributed by atoms with van der Waals surface area (Å²) in [6.07, 6.45) is 1.44. The zero-order chi connectivity index (χ0) is 24.2. The highest BCUT2D eigenvalue weighted by Crippen LogP contribution is 2.27. The Labute approximate surface area is 202 Å². The van der Waals surface area contributed by atoms with E-state index in [0.717, 1.165) is 24.3 Å². The molecule has 0 unspecified atom stereocenters. The van der Waals surface area contributed by atoms with E-state index in [2.05, 4.69) is 15.5 Å². The number of carbonyl (C=O) groups is 2. The third kappa shape index (κ3) is 5.28. The number of thioether (sulfide) groups is 1. The van der Waals surface area contributed by atoms with Gasteiger partial charge in [0, 0.05) is 30.0 Å². The molecule has 34 heavy (non-hydrogen) atoms. The van der Waals surface area contributed by atoms with Crippen LogP contribution in [-0.4, -0.2) is 57.9 Å². The first-order valence-electron chi connectivity index (χ1n) is 11.0. The maximum Gasteiger partial charge on any atom is 0.234 e. The van der Waals surface area contributed by atoms with Crippen LogP contribution in [0.15, 0.2) is 53.7 Å². The van der Waals surface area contributed by atoms with Crippen LogP contribution >= 0.6 is 11.8 Å². The number of nitrogens with one attached hydrogen (secondary N) is 1. The maximum atomic E-state index is 13.5. The molecule has 1 aromatic heterocycles. The Morgan fingerprint density at radius 3 is 2.41 bits per heavy atom. The maximum absolute atomic E-state index is 13.5. The molecule has 2 aromatic carbocycles. The first-order chi connectivity index (χ1) is 16.3. The van der Waals surface area contributed by atoms with Crippen molar-refractivity contribution in [3.8, 4) is 5.69 Å². The van der Waals surface area contributed by atoms with Crippen LogP contribution < -0.4 is 10.2 Å². The van der Waals surface area contributed by atoms with Crippen molar-refractivity contribution in [1.82, 2.24) is 19.7 Å². The van der Waals surface area contributed by atoms with Gasteiger partial charge >= 0.3 is 0 Å². The number of rotatable bonds is 8. The van der Waals surface area contributed by atoms with Crippen molar-refractivity contribution in [2.45, 2.75) is 31.0 Å². The molecule has 4 rings (SSSR count). The topological polar surface area (TPSA) is 83.4 Å². The smallest absolute Gasteiger partial charge is 0.234 e. The molecule has 1 fully saturated rings. The molecular weight excluding hydrogens is 455 g/mol. The van der Waals surface area contributed by atoms with Gasteiger partial charge in [-0.15, -0.1) is 10.2 Å². The molecule has 1 aliphatic rings. The second kappa shape index (κ2) is 10.4. The monoisotopic (exact) mass is 482 g/mol. The number of benzene rings is 2. The molecule has 0 radical (unpaired) electrons. The van der Waals surface area contributed by atoms with Gasteiger partial charge in [0.25, 0.3) is 0 Å². The second-order valence-electron chi connectivity index (χ2n) is 8.32. The number of aromatic nitrogens is 3. The minimum absolute atomic E-state index is 0.0401. The van der Waals surface area contributed by atoms with Crippen molar-refractivity contribution in [2.24, 2.45) is 0 Å². The van der Waals surface area contributed by atoms with Gasteiger partial charge in [-0.05, 0) is 76.0 Å². The summed E-state index contributed by atoms with van der Waals surface area (Å²) in [5.74, 6) is 0.439. The van der Waals surface area contributed by atoms with Gasteiger partial charge in [-0.25, -0.2) is 4.39 Å². The number of amides is 2. The Morgan fingerprint density at radius 1 is 1.12 bits per heavy atom. The van der Waals surface area contributed by atoms with E-state index in [1.165, 1.54) is 23.9 Å². The lowest BCUT2D eigenvalue weighted by molar-refractivity contribution is -0.117. The van der Waals surface area contributed by atoms with E-state index in [1.807, 2.05) is 42.6 Å². The summed E-state index contributed by atoms with van der Waals surface area (Å²) in [5.41, 5.74) is 2.22. The summed E-state index contributed by atoms with van der Waals surface area (Å²) >= 11 is 1.26. The molecule has 0 bridgehead atoms. The van der Waals surface area contributed by atoms with Crippen molar-refractivity contribution in [2.75, 3.05) is 36.6 Å². The van der Waals surface area contributed by atoms with Crippen LogP contribution in [0.2, 0.25) is 0 Å². The molecule has 8 nitrogen and oxygen atoms in total. The summed E-state index contributed by atoms with van der Waals surface area (Å²) in [6.45, 7) is 2.73. The summed E-state index contributed by atoms with van der Waals surface area (Å²) in [4.78, 5) is 28.3. The van der Waals surface area contributed by atoms with Gasteiger partial charge in [0.05, 0.1) is 11.8 Å². The van der Waals surface area contributed by atoms with Crippen molar-refractivity contribution < 1.29 is 14.0 Å². The molecule has 178 valence electrons. The molecule has 1 aliphatic heterocycles. The predicted molar refractivity (Wildman–Crippen MR) is 131 cm³/mol. The normalized spacial score (nSPS) is 14.6. The average Bonchev–Trinajstić information content (AvgIpc) is 3.44. The van der Waals surface area contributed by atoms with Crippen LogP contribution in [0.4, 0.5) is 15.8 Å². The fraction of sp³-hybridized carbons (Fsp3) is 0.333. The molecule has 3 aromatic rings. The lowest BCUT2D eigenvalue weighted by atomic mass is 10.2. The second-order valence-corrected chi connectivity index (χ2v) is 9.27. The third-order valence-corrected chi connectivity index (χ3v) is 6.69. The van der Waals surface area contributed by atoms with E-state index in [1.54, 1.807) is 29.2 Å². The largest absolute Gasteiger partial charge is 0.325 e. The summed E-state index contributed by atoms with van der Waals surface area (Å²) in [5, 5.41) is 12.1. The number of nitrogens with zero attached hydrogens (tertiary/aromatic N) is 5. The molecule has 1 atom stereocenters. The Morgan fingerprint density at radius 2 is 1.79 bits per heavy atom. The summed E-state index contributed by atoms with van der Waals surface area (Å²) in [6, 6.07) is 13.3. The van der Waals surface area contributed by atoms with Gasteiger partial charge in [0.1, 0.15) is 5.82 Å². The molecule has 0 saturated carbocycles. The van der Waals surface area contributed by atoms with Crippen molar-refractivity contribution in [3.05, 3.63) is 60.2 Å². The van der Waals surface area contributed by atoms with Crippen LogP contribution in [0.25, 0.3) is 5.69 Å². The van der Waals surface area contributed by atoms with Crippen LogP contribution in [0.5, 0.6) is 0 Å². The van der Waals surface area contributed by atoms with E-state index in [4.69, 9.17) is 0 Å². The number of hydrogen-bond acceptors (Lipinski definition) is 6. The molecule has 2 heterocycles. The van der Waals surface area contributed by atoms with Gasteiger partial charge in [0.15, 0.2) is 11.0 Å². The van der Waals surface area contributed by atoms with Crippen LogP contribution in [-0.2, 0) is 9.59 Å². The number of anilines is 2. The first-order valence-corrected chi connectivity index (χ1v) is 12.0. The number of carbonyl (C=O) groups excluding carboxylic acids is 2. The predicted octanol–water partition coefficient (Wildman–Crippen LogP) is 3.89. The first kappa shape index (κ1) is 23.9. The zero-order valence-corrected chi connectivity index (χ0v) is 20.2. The Bertz CT molecular complexity index is 1160. The van der Waals surface area contributed by atoms with Crippen LogP contribution in [0.1, 0.15) is 31.6 Å².